The van der Waals surface area contributed by atoms with Crippen LogP contribution in [0.25, 0.3) is 0 Å². The summed E-state index contributed by atoms with van der Waals surface area (Å²) in [5, 5.41) is 2.52. The number of hydrogen-bond donors (Lipinski definition) is 0. The minimum Gasteiger partial charge on any atom is -0.488 e. The lowest BCUT2D eigenvalue weighted by atomic mass is 10.1. The van der Waals surface area contributed by atoms with Crippen LogP contribution in [0.1, 0.15) is 23.6 Å². The molecule has 0 bridgehead atoms. The fourth-order valence-corrected chi connectivity index (χ4v) is 4.86. The molecule has 2 nitrogen and oxygen atoms in total. The largest absolute Gasteiger partial charge is 0.488 e. The smallest absolute Gasteiger partial charge is 0.127 e. The summed E-state index contributed by atoms with van der Waals surface area (Å²) < 4.78 is 6.21. The lowest BCUT2D eigenvalue weighted by Crippen LogP contribution is -2.17. The van der Waals surface area contributed by atoms with Gasteiger partial charge in [0.05, 0.1) is 5.69 Å². The lowest BCUT2D eigenvalue weighted by molar-refractivity contribution is 0.309. The number of nitrogens with zero attached hydrogens (tertiary/aromatic N) is 1. The number of rotatable bonds is 7. The third-order valence-corrected chi connectivity index (χ3v) is 6.70. The van der Waals surface area contributed by atoms with Gasteiger partial charge in [0.1, 0.15) is 12.4 Å². The number of hydrogen-bond acceptors (Lipinski definition) is 2. The molecule has 31 heavy (non-hydrogen) atoms. The van der Waals surface area contributed by atoms with Crippen LogP contribution in [0.4, 0.5) is 5.69 Å². The van der Waals surface area contributed by atoms with Gasteiger partial charge < -0.3 is 4.74 Å². The topological polar surface area (TPSA) is 21.6 Å². The predicted molar refractivity (Wildman–Crippen MR) is 134 cm³/mol. The molecule has 0 aromatic heterocycles. The third kappa shape index (κ3) is 5.48. The fraction of sp³-hybridized carbons (Fsp3) is 0.107. The molecule has 0 heterocycles. The first kappa shape index (κ1) is 21.0. The van der Waals surface area contributed by atoms with Gasteiger partial charge in [-0.05, 0) is 48.5 Å². The number of aryl methyl sites for hydroxylation is 1. The first-order chi connectivity index (χ1) is 15.2. The van der Waals surface area contributed by atoms with E-state index in [1.54, 1.807) is 0 Å². The zero-order valence-corrected chi connectivity index (χ0v) is 18.9. The van der Waals surface area contributed by atoms with E-state index in [4.69, 9.17) is 9.73 Å². The summed E-state index contributed by atoms with van der Waals surface area (Å²) in [6.07, 6.45) is 0. The van der Waals surface area contributed by atoms with E-state index in [9.17, 15) is 0 Å². The van der Waals surface area contributed by atoms with Crippen molar-refractivity contribution >= 4 is 30.6 Å². The van der Waals surface area contributed by atoms with E-state index >= 15 is 0 Å². The summed E-state index contributed by atoms with van der Waals surface area (Å²) in [7, 11) is 0.488. The van der Waals surface area contributed by atoms with Crippen LogP contribution in [0.3, 0.4) is 0 Å². The summed E-state index contributed by atoms with van der Waals surface area (Å²) in [5.74, 6) is 0.941. The molecule has 0 spiro atoms. The minimum atomic E-state index is 0.488. The van der Waals surface area contributed by atoms with Crippen molar-refractivity contribution in [1.82, 2.24) is 0 Å². The van der Waals surface area contributed by atoms with Gasteiger partial charge in [-0.25, -0.2) is 0 Å². The molecule has 0 aliphatic rings. The van der Waals surface area contributed by atoms with Crippen molar-refractivity contribution in [3.8, 4) is 5.75 Å². The highest BCUT2D eigenvalue weighted by atomic mass is 31.1. The SMILES string of the molecule is C/C(=N\c1ccccc1)c1cccc(C)c1Pc1ccccc1OCc1ccccc1. The van der Waals surface area contributed by atoms with Crippen LogP contribution >= 0.6 is 8.58 Å². The Morgan fingerprint density at radius 3 is 2.23 bits per heavy atom. The molecule has 0 N–H and O–H groups in total. The van der Waals surface area contributed by atoms with Crippen LogP contribution in [0.2, 0.25) is 0 Å². The quantitative estimate of drug-likeness (QED) is 0.251. The van der Waals surface area contributed by atoms with E-state index < -0.39 is 0 Å². The average Bonchev–Trinajstić information content (AvgIpc) is 2.81. The van der Waals surface area contributed by atoms with Crippen LogP contribution in [0.15, 0.2) is 108 Å². The molecule has 1 unspecified atom stereocenters. The Kier molecular flexibility index (Phi) is 6.92. The van der Waals surface area contributed by atoms with Gasteiger partial charge in [-0.1, -0.05) is 93.5 Å². The zero-order chi connectivity index (χ0) is 21.5. The Morgan fingerprint density at radius 1 is 0.774 bits per heavy atom. The standard InChI is InChI=1S/C28H26NOP/c1-21-12-11-17-25(22(2)29-24-15-7-4-8-16-24)28(21)31-27-19-10-9-18-26(27)30-20-23-13-5-3-6-14-23/h3-19,31H,20H2,1-2H3/b29-22+. The molecule has 0 saturated carbocycles. The minimum absolute atomic E-state index is 0.488. The van der Waals surface area contributed by atoms with Gasteiger partial charge in [0.2, 0.25) is 0 Å². The third-order valence-electron chi connectivity index (χ3n) is 5.10. The Bertz CT molecular complexity index is 1170. The summed E-state index contributed by atoms with van der Waals surface area (Å²) in [5.41, 5.74) is 5.64. The van der Waals surface area contributed by atoms with Gasteiger partial charge in [0.15, 0.2) is 0 Å². The van der Waals surface area contributed by atoms with Crippen molar-refractivity contribution in [1.29, 1.82) is 0 Å². The van der Waals surface area contributed by atoms with E-state index in [2.05, 4.69) is 62.4 Å². The molecule has 4 rings (SSSR count). The molecule has 1 atom stereocenters. The molecule has 4 aromatic carbocycles. The van der Waals surface area contributed by atoms with Crippen LogP contribution in [-0.4, -0.2) is 5.71 Å². The second-order valence-electron chi connectivity index (χ2n) is 7.43. The Hall–Kier alpha value is -3.22. The summed E-state index contributed by atoms with van der Waals surface area (Å²) >= 11 is 0. The molecule has 154 valence electrons. The van der Waals surface area contributed by atoms with Crippen LogP contribution in [0, 0.1) is 6.92 Å². The Morgan fingerprint density at radius 2 is 1.45 bits per heavy atom. The van der Waals surface area contributed by atoms with Gasteiger partial charge in [-0.15, -0.1) is 0 Å². The molecular weight excluding hydrogens is 397 g/mol. The number of ether oxygens (including phenoxy) is 1. The van der Waals surface area contributed by atoms with Crippen LogP contribution in [-0.2, 0) is 6.61 Å². The predicted octanol–water partition coefficient (Wildman–Crippen LogP) is 6.34. The van der Waals surface area contributed by atoms with Crippen LogP contribution < -0.4 is 15.3 Å². The van der Waals surface area contributed by atoms with Gasteiger partial charge in [0, 0.05) is 16.6 Å². The van der Waals surface area contributed by atoms with Crippen molar-refractivity contribution in [3.05, 3.63) is 120 Å². The molecule has 0 radical (unpaired) electrons. The maximum Gasteiger partial charge on any atom is 0.127 e. The van der Waals surface area contributed by atoms with Crippen molar-refractivity contribution in [2.75, 3.05) is 0 Å². The van der Waals surface area contributed by atoms with Gasteiger partial charge in [0.25, 0.3) is 0 Å². The van der Waals surface area contributed by atoms with Crippen molar-refractivity contribution < 1.29 is 4.74 Å². The highest BCUT2D eigenvalue weighted by molar-refractivity contribution is 7.56. The van der Waals surface area contributed by atoms with Gasteiger partial charge in [-0.2, -0.15) is 0 Å². The van der Waals surface area contributed by atoms with Gasteiger partial charge in [-0.3, -0.25) is 4.99 Å². The first-order valence-corrected chi connectivity index (χ1v) is 11.4. The van der Waals surface area contributed by atoms with Crippen molar-refractivity contribution in [2.24, 2.45) is 4.99 Å². The molecule has 0 aliphatic carbocycles. The van der Waals surface area contributed by atoms with Gasteiger partial charge >= 0.3 is 0 Å². The molecule has 4 aromatic rings. The maximum atomic E-state index is 6.21. The molecule has 0 saturated heterocycles. The molecular formula is C28H26NOP. The van der Waals surface area contributed by atoms with Crippen molar-refractivity contribution in [3.63, 3.8) is 0 Å². The first-order valence-electron chi connectivity index (χ1n) is 10.4. The number of aliphatic imine (C=N–C) groups is 1. The van der Waals surface area contributed by atoms with Crippen molar-refractivity contribution in [2.45, 2.75) is 20.5 Å². The summed E-state index contributed by atoms with van der Waals surface area (Å²) in [6, 6.07) is 35.2. The molecule has 0 fully saturated rings. The summed E-state index contributed by atoms with van der Waals surface area (Å²) in [6.45, 7) is 4.83. The average molecular weight is 423 g/mol. The fourth-order valence-electron chi connectivity index (χ4n) is 3.46. The Labute approximate surface area is 186 Å². The Balaban J connectivity index is 1.62. The maximum absolute atomic E-state index is 6.21. The summed E-state index contributed by atoms with van der Waals surface area (Å²) in [4.78, 5) is 4.86. The monoisotopic (exact) mass is 423 g/mol. The second-order valence-corrected chi connectivity index (χ2v) is 8.71. The second kappa shape index (κ2) is 10.2. The van der Waals surface area contributed by atoms with E-state index in [0.717, 1.165) is 17.1 Å². The lowest BCUT2D eigenvalue weighted by Gasteiger charge is -2.16. The van der Waals surface area contributed by atoms with E-state index in [-0.39, 0.29) is 0 Å². The molecule has 0 aliphatic heterocycles. The van der Waals surface area contributed by atoms with E-state index in [1.807, 2.05) is 54.6 Å². The highest BCUT2D eigenvalue weighted by Crippen LogP contribution is 2.24. The number of benzene rings is 4. The van der Waals surface area contributed by atoms with E-state index in [1.165, 1.54) is 27.3 Å². The molecule has 0 amide bonds. The number of para-hydroxylation sites is 2. The molecule has 3 heteroatoms. The van der Waals surface area contributed by atoms with Crippen LogP contribution in [0.5, 0.6) is 5.75 Å². The van der Waals surface area contributed by atoms with E-state index in [0.29, 0.717) is 15.2 Å². The zero-order valence-electron chi connectivity index (χ0n) is 17.9. The highest BCUT2D eigenvalue weighted by Gasteiger charge is 2.12. The normalized spacial score (nSPS) is 11.7.